The third-order valence-electron chi connectivity index (χ3n) is 6.57. The number of methoxy groups -OCH3 is 2. The minimum Gasteiger partial charge on any atom is -0.497 e. The number of nitrogens with one attached hydrogen (secondary N) is 1. The van der Waals surface area contributed by atoms with Crippen molar-refractivity contribution in [3.8, 4) is 11.5 Å². The van der Waals surface area contributed by atoms with Gasteiger partial charge in [-0.15, -0.1) is 0 Å². The van der Waals surface area contributed by atoms with E-state index in [4.69, 9.17) is 18.9 Å². The maximum atomic E-state index is 11.6. The topological polar surface area (TPSA) is 89.5 Å². The molecule has 0 saturated carbocycles. The first kappa shape index (κ1) is 24.3. The van der Waals surface area contributed by atoms with Crippen molar-refractivity contribution in [1.82, 2.24) is 5.32 Å². The number of fused-ring (bicyclic) bond motifs is 1. The van der Waals surface area contributed by atoms with Crippen molar-refractivity contribution < 1.29 is 28.8 Å². The molecule has 0 aromatic heterocycles. The Labute approximate surface area is 200 Å². The highest BCUT2D eigenvalue weighted by atomic mass is 16.5. The molecule has 2 aromatic carbocycles. The Balaban J connectivity index is 1.46. The number of carboxylic acids is 1. The van der Waals surface area contributed by atoms with E-state index in [1.54, 1.807) is 14.2 Å². The number of nitrogens with zero attached hydrogens (tertiary/aromatic N) is 1. The molecule has 1 fully saturated rings. The van der Waals surface area contributed by atoms with E-state index in [2.05, 4.69) is 16.3 Å². The van der Waals surface area contributed by atoms with Gasteiger partial charge >= 0.3 is 5.97 Å². The lowest BCUT2D eigenvalue weighted by atomic mass is 9.84. The minimum atomic E-state index is -0.833. The molecule has 2 N–H and O–H groups in total. The molecule has 4 rings (SSSR count). The molecule has 1 saturated heterocycles. The van der Waals surface area contributed by atoms with Gasteiger partial charge < -0.3 is 34.3 Å². The average Bonchev–Trinajstić information content (AvgIpc) is 2.87. The lowest BCUT2D eigenvalue weighted by Crippen LogP contribution is -2.50. The Morgan fingerprint density at radius 1 is 1.21 bits per heavy atom. The lowest BCUT2D eigenvalue weighted by Gasteiger charge is -2.36. The van der Waals surface area contributed by atoms with Crippen molar-refractivity contribution in [3.05, 3.63) is 53.6 Å². The molecule has 184 valence electrons. The van der Waals surface area contributed by atoms with Crippen molar-refractivity contribution in [1.29, 1.82) is 0 Å². The molecule has 0 aliphatic carbocycles. The van der Waals surface area contributed by atoms with E-state index in [0.717, 1.165) is 54.4 Å². The fraction of sp³-hybridized carbons (Fsp3) is 0.500. The van der Waals surface area contributed by atoms with Crippen LogP contribution in [0.1, 0.15) is 29.9 Å². The SMILES string of the molecule is COCCCN1CCOc2ccc(CO[C@H]3CN[C@@H](C(=O)O)C[C@@H]3c3ccc(OC)cc3)cc21. The zero-order valence-corrected chi connectivity index (χ0v) is 19.9. The molecule has 2 aliphatic heterocycles. The van der Waals surface area contributed by atoms with Crippen molar-refractivity contribution in [2.45, 2.75) is 37.5 Å². The van der Waals surface area contributed by atoms with Gasteiger partial charge in [-0.3, -0.25) is 4.79 Å². The monoisotopic (exact) mass is 470 g/mol. The molecule has 0 amide bonds. The van der Waals surface area contributed by atoms with Gasteiger partial charge in [0, 0.05) is 32.7 Å². The highest BCUT2D eigenvalue weighted by Crippen LogP contribution is 2.35. The molecule has 2 heterocycles. The number of carbonyl (C=O) groups is 1. The maximum absolute atomic E-state index is 11.6. The normalized spacial score (nSPS) is 22.1. The summed E-state index contributed by atoms with van der Waals surface area (Å²) in [6.45, 7) is 4.09. The number of anilines is 1. The molecule has 2 aliphatic rings. The predicted octanol–water partition coefficient (Wildman–Crippen LogP) is 3.05. The number of ether oxygens (including phenoxy) is 4. The summed E-state index contributed by atoms with van der Waals surface area (Å²) in [5, 5.41) is 12.7. The Hall–Kier alpha value is -2.81. The quantitative estimate of drug-likeness (QED) is 0.512. The van der Waals surface area contributed by atoms with Crippen LogP contribution in [0, 0.1) is 0 Å². The van der Waals surface area contributed by atoms with Crippen LogP contribution in [0.2, 0.25) is 0 Å². The number of aliphatic carboxylic acids is 1. The van der Waals surface area contributed by atoms with Crippen LogP contribution in [0.3, 0.4) is 0 Å². The van der Waals surface area contributed by atoms with Crippen LogP contribution >= 0.6 is 0 Å². The van der Waals surface area contributed by atoms with Gasteiger partial charge in [0.25, 0.3) is 0 Å². The van der Waals surface area contributed by atoms with Gasteiger partial charge in [-0.1, -0.05) is 18.2 Å². The Bertz CT molecular complexity index is 951. The maximum Gasteiger partial charge on any atom is 0.320 e. The number of rotatable bonds is 10. The smallest absolute Gasteiger partial charge is 0.320 e. The molecule has 2 aromatic rings. The summed E-state index contributed by atoms with van der Waals surface area (Å²) in [6.07, 6.45) is 1.28. The van der Waals surface area contributed by atoms with Gasteiger partial charge in [0.1, 0.15) is 24.1 Å². The minimum absolute atomic E-state index is 0.0280. The van der Waals surface area contributed by atoms with Crippen LogP contribution in [0.15, 0.2) is 42.5 Å². The Morgan fingerprint density at radius 3 is 2.76 bits per heavy atom. The summed E-state index contributed by atoms with van der Waals surface area (Å²) in [4.78, 5) is 14.0. The number of hydrogen-bond donors (Lipinski definition) is 2. The van der Waals surface area contributed by atoms with Crippen molar-refractivity contribution in [2.75, 3.05) is 52.0 Å². The third-order valence-corrected chi connectivity index (χ3v) is 6.57. The second kappa shape index (κ2) is 11.6. The van der Waals surface area contributed by atoms with Gasteiger partial charge in [-0.05, 0) is 48.2 Å². The predicted molar refractivity (Wildman–Crippen MR) is 129 cm³/mol. The first-order chi connectivity index (χ1) is 16.6. The molecule has 8 nitrogen and oxygen atoms in total. The Kier molecular flexibility index (Phi) is 8.26. The fourth-order valence-corrected chi connectivity index (χ4v) is 4.70. The van der Waals surface area contributed by atoms with E-state index in [9.17, 15) is 9.90 Å². The zero-order chi connectivity index (χ0) is 23.9. The van der Waals surface area contributed by atoms with E-state index in [-0.39, 0.29) is 12.0 Å². The van der Waals surface area contributed by atoms with E-state index in [1.165, 1.54) is 0 Å². The summed E-state index contributed by atoms with van der Waals surface area (Å²) >= 11 is 0. The molecule has 8 heteroatoms. The highest BCUT2D eigenvalue weighted by molar-refractivity contribution is 5.73. The van der Waals surface area contributed by atoms with E-state index >= 15 is 0 Å². The molecule has 0 bridgehead atoms. The van der Waals surface area contributed by atoms with Crippen molar-refractivity contribution in [2.24, 2.45) is 0 Å². The summed E-state index contributed by atoms with van der Waals surface area (Å²) in [5.41, 5.74) is 3.21. The van der Waals surface area contributed by atoms with Crippen LogP contribution < -0.4 is 19.7 Å². The van der Waals surface area contributed by atoms with Crippen LogP contribution in [0.4, 0.5) is 5.69 Å². The standard InChI is InChI=1S/C26H34N2O6/c1-31-12-3-10-28-11-13-33-24-9-4-18(14-23(24)28)17-34-25-16-27-22(26(29)30)15-21(25)19-5-7-20(32-2)8-6-19/h4-9,14,21-22,25,27H,3,10-13,15-17H2,1-2H3,(H,29,30)/t21-,22-,25+/m1/s1. The Morgan fingerprint density at radius 2 is 2.03 bits per heavy atom. The first-order valence-corrected chi connectivity index (χ1v) is 11.8. The number of piperidine rings is 1. The van der Waals surface area contributed by atoms with Gasteiger partial charge in [-0.2, -0.15) is 0 Å². The van der Waals surface area contributed by atoms with Crippen LogP contribution in [-0.4, -0.2) is 70.3 Å². The zero-order valence-electron chi connectivity index (χ0n) is 19.9. The highest BCUT2D eigenvalue weighted by Gasteiger charge is 2.35. The number of benzene rings is 2. The summed E-state index contributed by atoms with van der Waals surface area (Å²) < 4.78 is 22.7. The molecule has 0 radical (unpaired) electrons. The van der Waals surface area contributed by atoms with Crippen molar-refractivity contribution in [3.63, 3.8) is 0 Å². The second-order valence-electron chi connectivity index (χ2n) is 8.75. The largest absolute Gasteiger partial charge is 0.497 e. The fourth-order valence-electron chi connectivity index (χ4n) is 4.70. The molecule has 3 atom stereocenters. The van der Waals surface area contributed by atoms with Crippen LogP contribution in [-0.2, 0) is 20.9 Å². The van der Waals surface area contributed by atoms with Crippen LogP contribution in [0.5, 0.6) is 11.5 Å². The lowest BCUT2D eigenvalue weighted by molar-refractivity contribution is -0.141. The molecular formula is C26H34N2O6. The third kappa shape index (κ3) is 5.81. The van der Waals surface area contributed by atoms with Crippen molar-refractivity contribution >= 4 is 11.7 Å². The van der Waals surface area contributed by atoms with Crippen LogP contribution in [0.25, 0.3) is 0 Å². The van der Waals surface area contributed by atoms with Gasteiger partial charge in [-0.25, -0.2) is 0 Å². The van der Waals surface area contributed by atoms with E-state index < -0.39 is 12.0 Å². The molecule has 0 spiro atoms. The summed E-state index contributed by atoms with van der Waals surface area (Å²) in [5.74, 6) is 0.809. The second-order valence-corrected chi connectivity index (χ2v) is 8.75. The number of hydrogen-bond acceptors (Lipinski definition) is 7. The average molecular weight is 471 g/mol. The van der Waals surface area contributed by atoms with Gasteiger partial charge in [0.05, 0.1) is 32.1 Å². The molecule has 34 heavy (non-hydrogen) atoms. The number of carboxylic acid groups (broad SMARTS) is 1. The van der Waals surface area contributed by atoms with E-state index in [0.29, 0.717) is 26.2 Å². The van der Waals surface area contributed by atoms with Gasteiger partial charge in [0.15, 0.2) is 0 Å². The summed E-state index contributed by atoms with van der Waals surface area (Å²) in [7, 11) is 3.36. The van der Waals surface area contributed by atoms with Gasteiger partial charge in [0.2, 0.25) is 0 Å². The first-order valence-electron chi connectivity index (χ1n) is 11.8. The molecular weight excluding hydrogens is 436 g/mol. The van der Waals surface area contributed by atoms with E-state index in [1.807, 2.05) is 36.4 Å². The summed E-state index contributed by atoms with van der Waals surface area (Å²) in [6, 6.07) is 13.4. The molecule has 0 unspecified atom stereocenters.